The number of Topliss-reactive ketones (excluding diaryl/α,β-unsaturated/α-hetero) is 1. The van der Waals surface area contributed by atoms with E-state index in [-0.39, 0.29) is 37.5 Å². The normalized spacial score (nSPS) is 13.1. The van der Waals surface area contributed by atoms with Gasteiger partial charge in [-0.25, -0.2) is 0 Å². The molecule has 0 heterocycles. The summed E-state index contributed by atoms with van der Waals surface area (Å²) in [6, 6.07) is -0.524. The predicted molar refractivity (Wildman–Crippen MR) is 111 cm³/mol. The molecule has 0 aromatic rings. The molecule has 0 fully saturated rings. The van der Waals surface area contributed by atoms with Crippen molar-refractivity contribution in [2.45, 2.75) is 53.0 Å². The maximum Gasteiger partial charge on any atom is 0.306 e. The molecule has 0 aromatic carbocycles. The number of rotatable bonds is 8. The first-order chi connectivity index (χ1) is 11.8. The molecular formula is C18H39N6O3-. The molecule has 0 aromatic heterocycles. The first kappa shape index (κ1) is 29.6. The van der Waals surface area contributed by atoms with Gasteiger partial charge in [-0.2, -0.15) is 4.99 Å². The lowest BCUT2D eigenvalue weighted by atomic mass is 9.89. The lowest BCUT2D eigenvalue weighted by Crippen LogP contribution is -2.34. The Bertz CT molecular complexity index is 489. The number of carboxylic acid groups (broad SMARTS) is 1. The molecule has 27 heavy (non-hydrogen) atoms. The Morgan fingerprint density at radius 3 is 1.78 bits per heavy atom. The lowest BCUT2D eigenvalue weighted by molar-refractivity contribution is -0.144. The minimum absolute atomic E-state index is 0. The zero-order valence-electron chi connectivity index (χ0n) is 17.8. The molecule has 0 saturated carbocycles. The van der Waals surface area contributed by atoms with Gasteiger partial charge in [-0.1, -0.05) is 27.7 Å². The summed E-state index contributed by atoms with van der Waals surface area (Å²) in [6.07, 6.45) is 1.20. The largest absolute Gasteiger partial charge is 0.481 e. The minimum atomic E-state index is -0.899. The maximum absolute atomic E-state index is 11.8. The minimum Gasteiger partial charge on any atom is -0.481 e. The van der Waals surface area contributed by atoms with Crippen LogP contribution in [-0.2, 0) is 9.59 Å². The molecule has 0 bridgehead atoms. The lowest BCUT2D eigenvalue weighted by Gasteiger charge is -2.17. The number of aliphatic imine (C=N–C) groups is 1. The number of hydrogen-bond donors (Lipinski definition) is 5. The summed E-state index contributed by atoms with van der Waals surface area (Å²) in [6.45, 7) is 7.90. The van der Waals surface area contributed by atoms with Crippen molar-refractivity contribution >= 4 is 23.7 Å². The van der Waals surface area contributed by atoms with Crippen molar-refractivity contribution in [3.05, 3.63) is 7.43 Å². The summed E-state index contributed by atoms with van der Waals surface area (Å²) in [4.78, 5) is 27.8. The fraction of sp³-hybridized carbons (Fsp3) is 0.722. The molecule has 160 valence electrons. The number of guanidine groups is 2. The third kappa shape index (κ3) is 17.0. The fourth-order valence-corrected chi connectivity index (χ4v) is 2.10. The molecule has 9 nitrogen and oxygen atoms in total. The highest BCUT2D eigenvalue weighted by Crippen LogP contribution is 2.18. The molecule has 0 aliphatic rings. The van der Waals surface area contributed by atoms with Gasteiger partial charge >= 0.3 is 5.97 Å². The molecule has 0 amide bonds. The summed E-state index contributed by atoms with van der Waals surface area (Å²) >= 11 is 0. The van der Waals surface area contributed by atoms with Crippen LogP contribution in [0.3, 0.4) is 0 Å². The molecular weight excluding hydrogens is 348 g/mol. The standard InChI is InChI=1S/C13H25NO3.C4H11N5.CH3/c1-8(2)5-10(13(16)17)7-12(15)11(14)6-9(3)4;1-9(2)4(7)8-3(5)6;/h8-11H,5-7,14H2,1-4H3,(H,16,17);1-2H3,(H5,5,6,7,8);1H3/q;;-1. The summed E-state index contributed by atoms with van der Waals surface area (Å²) in [7, 11) is 3.45. The first-order valence-electron chi connectivity index (χ1n) is 8.64. The van der Waals surface area contributed by atoms with Crippen LogP contribution in [0.1, 0.15) is 47.0 Å². The number of hydrogen-bond acceptors (Lipinski definition) is 4. The van der Waals surface area contributed by atoms with E-state index in [0.717, 1.165) is 0 Å². The summed E-state index contributed by atoms with van der Waals surface area (Å²) in [5, 5.41) is 15.7. The zero-order valence-corrected chi connectivity index (χ0v) is 17.8. The molecule has 8 N–H and O–H groups in total. The third-order valence-electron chi connectivity index (χ3n) is 3.38. The van der Waals surface area contributed by atoms with Gasteiger partial charge in [0.15, 0.2) is 5.96 Å². The van der Waals surface area contributed by atoms with Crippen LogP contribution >= 0.6 is 0 Å². The van der Waals surface area contributed by atoms with E-state index >= 15 is 0 Å². The molecule has 2 atom stereocenters. The summed E-state index contributed by atoms with van der Waals surface area (Å²) < 4.78 is 0. The average molecular weight is 388 g/mol. The van der Waals surface area contributed by atoms with E-state index in [1.54, 1.807) is 19.0 Å². The smallest absolute Gasteiger partial charge is 0.306 e. The van der Waals surface area contributed by atoms with Crippen molar-refractivity contribution in [3.63, 3.8) is 0 Å². The average Bonchev–Trinajstić information content (AvgIpc) is 2.44. The van der Waals surface area contributed by atoms with E-state index in [1.165, 1.54) is 0 Å². The van der Waals surface area contributed by atoms with E-state index in [4.69, 9.17) is 27.7 Å². The van der Waals surface area contributed by atoms with Gasteiger partial charge in [-0.05, 0) is 24.7 Å². The number of ketones is 1. The Hall–Kier alpha value is -2.16. The second-order valence-corrected chi connectivity index (χ2v) is 7.32. The Kier molecular flexibility index (Phi) is 16.4. The third-order valence-corrected chi connectivity index (χ3v) is 3.38. The van der Waals surface area contributed by atoms with Gasteiger partial charge < -0.3 is 34.6 Å². The Balaban J connectivity index is -0.000000491. The van der Waals surface area contributed by atoms with Gasteiger partial charge in [-0.15, -0.1) is 0 Å². The highest BCUT2D eigenvalue weighted by Gasteiger charge is 2.25. The van der Waals surface area contributed by atoms with Crippen molar-refractivity contribution in [1.82, 2.24) is 4.90 Å². The van der Waals surface area contributed by atoms with Gasteiger partial charge in [0, 0.05) is 20.5 Å². The van der Waals surface area contributed by atoms with Crippen LogP contribution in [0.4, 0.5) is 0 Å². The second-order valence-electron chi connectivity index (χ2n) is 7.32. The zero-order chi connectivity index (χ0) is 21.0. The van der Waals surface area contributed by atoms with Gasteiger partial charge in [-0.3, -0.25) is 15.0 Å². The van der Waals surface area contributed by atoms with Crippen LogP contribution in [0, 0.1) is 30.6 Å². The number of carboxylic acids is 1. The molecule has 2 unspecified atom stereocenters. The Morgan fingerprint density at radius 1 is 1.07 bits per heavy atom. The Morgan fingerprint density at radius 2 is 1.52 bits per heavy atom. The molecule has 9 heteroatoms. The van der Waals surface area contributed by atoms with Crippen LogP contribution < -0.4 is 17.2 Å². The highest BCUT2D eigenvalue weighted by atomic mass is 16.4. The van der Waals surface area contributed by atoms with Crippen molar-refractivity contribution < 1.29 is 14.7 Å². The van der Waals surface area contributed by atoms with E-state index in [1.807, 2.05) is 27.7 Å². The molecule has 0 aliphatic carbocycles. The van der Waals surface area contributed by atoms with Gasteiger partial charge in [0.1, 0.15) is 5.78 Å². The van der Waals surface area contributed by atoms with E-state index in [2.05, 4.69) is 4.99 Å². The van der Waals surface area contributed by atoms with Crippen molar-refractivity contribution in [2.75, 3.05) is 14.1 Å². The first-order valence-corrected chi connectivity index (χ1v) is 8.64. The number of carbonyl (C=O) groups is 2. The van der Waals surface area contributed by atoms with Gasteiger partial charge in [0.25, 0.3) is 0 Å². The van der Waals surface area contributed by atoms with Crippen molar-refractivity contribution in [1.29, 1.82) is 5.41 Å². The summed E-state index contributed by atoms with van der Waals surface area (Å²) in [5.74, 6) is -1.05. The van der Waals surface area contributed by atoms with Gasteiger partial charge in [0.05, 0.1) is 12.0 Å². The summed E-state index contributed by atoms with van der Waals surface area (Å²) in [5.41, 5.74) is 15.9. The molecule has 0 saturated heterocycles. The number of nitrogens with one attached hydrogen (secondary N) is 1. The molecule has 0 radical (unpaired) electrons. The van der Waals surface area contributed by atoms with Crippen LogP contribution in [0.2, 0.25) is 0 Å². The van der Waals surface area contributed by atoms with E-state index in [0.29, 0.717) is 18.8 Å². The van der Waals surface area contributed by atoms with Crippen LogP contribution in [-0.4, -0.2) is 53.8 Å². The molecule has 0 spiro atoms. The highest BCUT2D eigenvalue weighted by molar-refractivity contribution is 5.91. The maximum atomic E-state index is 11.8. The number of carbonyl (C=O) groups excluding carboxylic acids is 1. The van der Waals surface area contributed by atoms with E-state index in [9.17, 15) is 9.59 Å². The molecule has 0 aliphatic heterocycles. The van der Waals surface area contributed by atoms with Crippen LogP contribution in [0.5, 0.6) is 0 Å². The monoisotopic (exact) mass is 387 g/mol. The van der Waals surface area contributed by atoms with Gasteiger partial charge in [0.2, 0.25) is 5.96 Å². The SMILES string of the molecule is CC(C)CC(N)C(=O)CC(CC(C)C)C(=O)O.CN(C)C(N)=NC(=N)N.[CH3-]. The predicted octanol–water partition coefficient (Wildman–Crippen LogP) is 1.27. The number of aliphatic carboxylic acids is 1. The van der Waals surface area contributed by atoms with Crippen molar-refractivity contribution in [2.24, 2.45) is 39.9 Å². The molecule has 0 rings (SSSR count). The van der Waals surface area contributed by atoms with Crippen molar-refractivity contribution in [3.8, 4) is 0 Å². The van der Waals surface area contributed by atoms with E-state index < -0.39 is 17.9 Å². The second kappa shape index (κ2) is 15.0. The van der Waals surface area contributed by atoms with Crippen LogP contribution in [0.15, 0.2) is 4.99 Å². The number of nitrogens with two attached hydrogens (primary N) is 3. The topological polar surface area (TPSA) is 172 Å². The number of nitrogens with zero attached hydrogens (tertiary/aromatic N) is 2. The quantitative estimate of drug-likeness (QED) is 0.237. The van der Waals surface area contributed by atoms with Crippen LogP contribution in [0.25, 0.3) is 0 Å². The fourth-order valence-electron chi connectivity index (χ4n) is 2.10. The Labute approximate surface area is 163 Å².